The second-order valence-corrected chi connectivity index (χ2v) is 4.96. The Hall–Kier alpha value is -2.08. The second-order valence-electron chi connectivity index (χ2n) is 4.55. The fourth-order valence-corrected chi connectivity index (χ4v) is 1.65. The lowest BCUT2D eigenvalue weighted by Crippen LogP contribution is -2.41. The molecule has 6 nitrogen and oxygen atoms in total. The molecule has 114 valence electrons. The molecule has 0 aromatic heterocycles. The van der Waals surface area contributed by atoms with Crippen LogP contribution >= 0.6 is 11.6 Å². The predicted molar refractivity (Wildman–Crippen MR) is 78.0 cm³/mol. The monoisotopic (exact) mass is 312 g/mol. The molecular formula is C14H17ClN2O4. The standard InChI is InChI=1S/C14H17ClN2O4/c1-9(2)17-12(18)7-16-13(19)8-21-14(20)10-5-3-4-6-11(10)15/h3-6,9H,7-8H2,1-2H3,(H,16,19)(H,17,18). The molecule has 1 rings (SSSR count). The van der Waals surface area contributed by atoms with E-state index in [1.165, 1.54) is 6.07 Å². The molecule has 2 amide bonds. The van der Waals surface area contributed by atoms with Gasteiger partial charge in [0, 0.05) is 6.04 Å². The number of carbonyl (C=O) groups is 3. The van der Waals surface area contributed by atoms with Crippen LogP contribution in [-0.4, -0.2) is 37.0 Å². The molecule has 0 heterocycles. The Balaban J connectivity index is 2.35. The molecule has 0 saturated carbocycles. The molecule has 0 bridgehead atoms. The molecule has 0 saturated heterocycles. The summed E-state index contributed by atoms with van der Waals surface area (Å²) < 4.78 is 4.82. The molecule has 0 atom stereocenters. The Morgan fingerprint density at radius 3 is 2.48 bits per heavy atom. The fraction of sp³-hybridized carbons (Fsp3) is 0.357. The van der Waals surface area contributed by atoms with Gasteiger partial charge in [-0.3, -0.25) is 9.59 Å². The zero-order valence-corrected chi connectivity index (χ0v) is 12.6. The number of rotatable bonds is 6. The van der Waals surface area contributed by atoms with Crippen molar-refractivity contribution in [2.45, 2.75) is 19.9 Å². The average molecular weight is 313 g/mol. The van der Waals surface area contributed by atoms with Gasteiger partial charge in [-0.1, -0.05) is 23.7 Å². The summed E-state index contributed by atoms with van der Waals surface area (Å²) in [6, 6.07) is 6.36. The molecule has 0 aliphatic rings. The molecule has 21 heavy (non-hydrogen) atoms. The van der Waals surface area contributed by atoms with E-state index in [4.69, 9.17) is 16.3 Å². The van der Waals surface area contributed by atoms with Gasteiger partial charge < -0.3 is 15.4 Å². The number of amides is 2. The highest BCUT2D eigenvalue weighted by Gasteiger charge is 2.13. The maximum atomic E-state index is 11.7. The van der Waals surface area contributed by atoms with Crippen LogP contribution in [0.25, 0.3) is 0 Å². The predicted octanol–water partition coefficient (Wildman–Crippen LogP) is 1.14. The number of esters is 1. The Bertz CT molecular complexity index is 531. The molecule has 2 N–H and O–H groups in total. The quantitative estimate of drug-likeness (QED) is 0.771. The first-order chi connectivity index (χ1) is 9.90. The summed E-state index contributed by atoms with van der Waals surface area (Å²) in [6.45, 7) is 2.98. The number of halogens is 1. The van der Waals surface area contributed by atoms with Crippen LogP contribution < -0.4 is 10.6 Å². The molecule has 1 aromatic rings. The van der Waals surface area contributed by atoms with Gasteiger partial charge in [0.15, 0.2) is 6.61 Å². The van der Waals surface area contributed by atoms with Gasteiger partial charge in [0.2, 0.25) is 5.91 Å². The lowest BCUT2D eigenvalue weighted by atomic mass is 10.2. The first kappa shape index (κ1) is 17.0. The van der Waals surface area contributed by atoms with E-state index in [2.05, 4.69) is 10.6 Å². The minimum absolute atomic E-state index is 0.00699. The summed E-state index contributed by atoms with van der Waals surface area (Å²) in [7, 11) is 0. The first-order valence-electron chi connectivity index (χ1n) is 6.38. The smallest absolute Gasteiger partial charge is 0.340 e. The van der Waals surface area contributed by atoms with E-state index in [9.17, 15) is 14.4 Å². The Labute approximate surface area is 127 Å². The third-order valence-corrected chi connectivity index (χ3v) is 2.65. The highest BCUT2D eigenvalue weighted by atomic mass is 35.5. The van der Waals surface area contributed by atoms with Crippen LogP contribution in [0, 0.1) is 0 Å². The summed E-state index contributed by atoms with van der Waals surface area (Å²) in [5.74, 6) is -1.56. The molecule has 1 aromatic carbocycles. The molecule has 7 heteroatoms. The summed E-state index contributed by atoms with van der Waals surface area (Å²) in [5, 5.41) is 5.21. The Morgan fingerprint density at radius 1 is 1.19 bits per heavy atom. The fourth-order valence-electron chi connectivity index (χ4n) is 1.44. The summed E-state index contributed by atoms with van der Waals surface area (Å²) in [4.78, 5) is 34.5. The molecule has 0 aliphatic heterocycles. The van der Waals surface area contributed by atoms with Crippen LogP contribution in [-0.2, 0) is 14.3 Å². The number of ether oxygens (including phenoxy) is 1. The van der Waals surface area contributed by atoms with E-state index in [-0.39, 0.29) is 29.1 Å². The first-order valence-corrected chi connectivity index (χ1v) is 6.75. The van der Waals surface area contributed by atoms with E-state index in [0.717, 1.165) is 0 Å². The van der Waals surface area contributed by atoms with Crippen LogP contribution in [0.4, 0.5) is 0 Å². The van der Waals surface area contributed by atoms with Crippen molar-refractivity contribution in [2.75, 3.05) is 13.2 Å². The van der Waals surface area contributed by atoms with E-state index >= 15 is 0 Å². The van der Waals surface area contributed by atoms with Crippen molar-refractivity contribution in [2.24, 2.45) is 0 Å². The maximum absolute atomic E-state index is 11.7. The van der Waals surface area contributed by atoms with E-state index < -0.39 is 18.5 Å². The third kappa shape index (κ3) is 6.27. The number of nitrogens with one attached hydrogen (secondary N) is 2. The molecule has 0 fully saturated rings. The second kappa shape index (κ2) is 8.26. The molecule has 0 unspecified atom stereocenters. The number of hydrogen-bond acceptors (Lipinski definition) is 4. The van der Waals surface area contributed by atoms with Gasteiger partial charge >= 0.3 is 5.97 Å². The van der Waals surface area contributed by atoms with Crippen molar-refractivity contribution in [3.05, 3.63) is 34.9 Å². The maximum Gasteiger partial charge on any atom is 0.340 e. The minimum Gasteiger partial charge on any atom is -0.452 e. The van der Waals surface area contributed by atoms with Gasteiger partial charge in [-0.05, 0) is 26.0 Å². The molecule has 0 spiro atoms. The van der Waals surface area contributed by atoms with Gasteiger partial charge in [-0.25, -0.2) is 4.79 Å². The zero-order chi connectivity index (χ0) is 15.8. The Morgan fingerprint density at radius 2 is 1.86 bits per heavy atom. The third-order valence-electron chi connectivity index (χ3n) is 2.32. The van der Waals surface area contributed by atoms with E-state index in [1.807, 2.05) is 13.8 Å². The largest absolute Gasteiger partial charge is 0.452 e. The number of benzene rings is 1. The summed E-state index contributed by atoms with van der Waals surface area (Å²) in [6.07, 6.45) is 0. The zero-order valence-electron chi connectivity index (χ0n) is 11.8. The molecule has 0 radical (unpaired) electrons. The van der Waals surface area contributed by atoms with Crippen LogP contribution in [0.2, 0.25) is 5.02 Å². The molecular weight excluding hydrogens is 296 g/mol. The lowest BCUT2D eigenvalue weighted by Gasteiger charge is -2.09. The SMILES string of the molecule is CC(C)NC(=O)CNC(=O)COC(=O)c1ccccc1Cl. The normalized spacial score (nSPS) is 10.1. The van der Waals surface area contributed by atoms with Crippen LogP contribution in [0.15, 0.2) is 24.3 Å². The Kier molecular flexibility index (Phi) is 6.68. The van der Waals surface area contributed by atoms with Gasteiger partial charge in [0.05, 0.1) is 17.1 Å². The van der Waals surface area contributed by atoms with Crippen molar-refractivity contribution < 1.29 is 19.1 Å². The van der Waals surface area contributed by atoms with Gasteiger partial charge in [-0.2, -0.15) is 0 Å². The van der Waals surface area contributed by atoms with Crippen LogP contribution in [0.1, 0.15) is 24.2 Å². The van der Waals surface area contributed by atoms with Gasteiger partial charge in [0.25, 0.3) is 5.91 Å². The minimum atomic E-state index is -0.692. The van der Waals surface area contributed by atoms with Gasteiger partial charge in [0.1, 0.15) is 0 Å². The lowest BCUT2D eigenvalue weighted by molar-refractivity contribution is -0.128. The number of carbonyl (C=O) groups excluding carboxylic acids is 3. The highest BCUT2D eigenvalue weighted by Crippen LogP contribution is 2.15. The number of hydrogen-bond donors (Lipinski definition) is 2. The van der Waals surface area contributed by atoms with E-state index in [0.29, 0.717) is 0 Å². The van der Waals surface area contributed by atoms with Gasteiger partial charge in [-0.15, -0.1) is 0 Å². The van der Waals surface area contributed by atoms with Crippen molar-refractivity contribution in [1.82, 2.24) is 10.6 Å². The topological polar surface area (TPSA) is 84.5 Å². The van der Waals surface area contributed by atoms with Crippen molar-refractivity contribution in [1.29, 1.82) is 0 Å². The van der Waals surface area contributed by atoms with Crippen molar-refractivity contribution in [3.8, 4) is 0 Å². The van der Waals surface area contributed by atoms with Crippen molar-refractivity contribution in [3.63, 3.8) is 0 Å². The van der Waals surface area contributed by atoms with E-state index in [1.54, 1.807) is 18.2 Å². The summed E-state index contributed by atoms with van der Waals surface area (Å²) in [5.41, 5.74) is 0.185. The average Bonchev–Trinajstić information content (AvgIpc) is 2.42. The van der Waals surface area contributed by atoms with Crippen LogP contribution in [0.5, 0.6) is 0 Å². The molecule has 0 aliphatic carbocycles. The highest BCUT2D eigenvalue weighted by molar-refractivity contribution is 6.33. The van der Waals surface area contributed by atoms with Crippen molar-refractivity contribution >= 4 is 29.4 Å². The van der Waals surface area contributed by atoms with Crippen LogP contribution in [0.3, 0.4) is 0 Å². The summed E-state index contributed by atoms with van der Waals surface area (Å²) >= 11 is 5.83.